The first-order chi connectivity index (χ1) is 8.09. The van der Waals surface area contributed by atoms with E-state index in [4.69, 9.17) is 16.7 Å². The molecule has 0 amide bonds. The number of rotatable bonds is 3. The third-order valence-corrected chi connectivity index (χ3v) is 3.71. The molecule has 2 aromatic rings. The molecular formula is C12H10ClNO2S. The van der Waals surface area contributed by atoms with Crippen molar-refractivity contribution in [2.75, 3.05) is 5.75 Å². The summed E-state index contributed by atoms with van der Waals surface area (Å²) in [6.45, 7) is 1.96. The second-order valence-electron chi connectivity index (χ2n) is 3.58. The van der Waals surface area contributed by atoms with Crippen LogP contribution in [0, 0.1) is 6.92 Å². The first-order valence-corrected chi connectivity index (χ1v) is 6.34. The van der Waals surface area contributed by atoms with Gasteiger partial charge in [0.25, 0.3) is 0 Å². The Balaban J connectivity index is 2.56. The van der Waals surface area contributed by atoms with Gasteiger partial charge in [-0.2, -0.15) is 0 Å². The van der Waals surface area contributed by atoms with Crippen molar-refractivity contribution in [3.05, 3.63) is 35.0 Å². The second kappa shape index (κ2) is 4.94. The highest BCUT2D eigenvalue weighted by Crippen LogP contribution is 2.33. The molecule has 0 spiro atoms. The van der Waals surface area contributed by atoms with E-state index in [1.807, 2.05) is 19.1 Å². The van der Waals surface area contributed by atoms with Crippen LogP contribution in [0.5, 0.6) is 0 Å². The van der Waals surface area contributed by atoms with Crippen LogP contribution in [-0.4, -0.2) is 21.8 Å². The molecule has 0 atom stereocenters. The van der Waals surface area contributed by atoms with Crippen LogP contribution in [0.1, 0.15) is 5.56 Å². The second-order valence-corrected chi connectivity index (χ2v) is 5.00. The van der Waals surface area contributed by atoms with Crippen LogP contribution >= 0.6 is 23.4 Å². The van der Waals surface area contributed by atoms with Gasteiger partial charge in [-0.05, 0) is 24.6 Å². The minimum absolute atomic E-state index is 0.0172. The van der Waals surface area contributed by atoms with E-state index in [1.165, 1.54) is 11.8 Å². The SMILES string of the molecule is Cc1ccc(Cl)c2c(SCC(=O)O)ccnc12. The number of carboxylic acid groups (broad SMARTS) is 1. The lowest BCUT2D eigenvalue weighted by Crippen LogP contribution is -1.98. The summed E-state index contributed by atoms with van der Waals surface area (Å²) >= 11 is 7.41. The van der Waals surface area contributed by atoms with Gasteiger partial charge >= 0.3 is 5.97 Å². The monoisotopic (exact) mass is 267 g/mol. The van der Waals surface area contributed by atoms with Gasteiger partial charge in [-0.1, -0.05) is 17.7 Å². The average Bonchev–Trinajstić information content (AvgIpc) is 2.31. The van der Waals surface area contributed by atoms with Crippen LogP contribution in [-0.2, 0) is 4.79 Å². The smallest absolute Gasteiger partial charge is 0.313 e. The van der Waals surface area contributed by atoms with E-state index in [-0.39, 0.29) is 5.75 Å². The normalized spacial score (nSPS) is 10.7. The van der Waals surface area contributed by atoms with Crippen molar-refractivity contribution >= 4 is 40.2 Å². The Labute approximate surface area is 108 Å². The van der Waals surface area contributed by atoms with Crippen LogP contribution in [0.4, 0.5) is 0 Å². The zero-order valence-electron chi connectivity index (χ0n) is 9.11. The molecule has 17 heavy (non-hydrogen) atoms. The minimum atomic E-state index is -0.844. The summed E-state index contributed by atoms with van der Waals surface area (Å²) < 4.78 is 0. The molecule has 0 aliphatic heterocycles. The number of aryl methyl sites for hydroxylation is 1. The van der Waals surface area contributed by atoms with Crippen molar-refractivity contribution in [2.24, 2.45) is 0 Å². The molecule has 5 heteroatoms. The van der Waals surface area contributed by atoms with E-state index in [0.29, 0.717) is 5.02 Å². The summed E-state index contributed by atoms with van der Waals surface area (Å²) in [5.74, 6) is -0.827. The summed E-state index contributed by atoms with van der Waals surface area (Å²) in [6.07, 6.45) is 1.68. The van der Waals surface area contributed by atoms with Crippen LogP contribution in [0.25, 0.3) is 10.9 Å². The third kappa shape index (κ3) is 2.53. The van der Waals surface area contributed by atoms with Crippen molar-refractivity contribution in [3.63, 3.8) is 0 Å². The molecule has 3 nitrogen and oxygen atoms in total. The van der Waals surface area contributed by atoms with E-state index in [0.717, 1.165) is 21.4 Å². The summed E-state index contributed by atoms with van der Waals surface area (Å²) in [5, 5.41) is 10.1. The molecule has 1 aromatic heterocycles. The Kier molecular flexibility index (Phi) is 3.54. The lowest BCUT2D eigenvalue weighted by molar-refractivity contribution is -0.133. The van der Waals surface area contributed by atoms with Gasteiger partial charge in [-0.15, -0.1) is 11.8 Å². The fourth-order valence-corrected chi connectivity index (χ4v) is 2.69. The van der Waals surface area contributed by atoms with Gasteiger partial charge in [0.1, 0.15) is 0 Å². The van der Waals surface area contributed by atoms with Crippen LogP contribution in [0.2, 0.25) is 5.02 Å². The van der Waals surface area contributed by atoms with Gasteiger partial charge in [-0.3, -0.25) is 9.78 Å². The summed E-state index contributed by atoms with van der Waals surface area (Å²) in [6, 6.07) is 5.51. The Morgan fingerprint density at radius 1 is 1.47 bits per heavy atom. The number of aromatic nitrogens is 1. The molecule has 0 radical (unpaired) electrons. The van der Waals surface area contributed by atoms with Gasteiger partial charge in [0, 0.05) is 16.5 Å². The predicted molar refractivity (Wildman–Crippen MR) is 69.8 cm³/mol. The van der Waals surface area contributed by atoms with Gasteiger partial charge < -0.3 is 5.11 Å². The molecule has 0 aliphatic carbocycles. The Morgan fingerprint density at radius 2 is 2.24 bits per heavy atom. The highest BCUT2D eigenvalue weighted by Gasteiger charge is 2.10. The van der Waals surface area contributed by atoms with Gasteiger partial charge in [0.05, 0.1) is 16.3 Å². The number of benzene rings is 1. The lowest BCUT2D eigenvalue weighted by Gasteiger charge is -2.08. The number of carboxylic acids is 1. The number of hydrogen-bond acceptors (Lipinski definition) is 3. The maximum atomic E-state index is 10.6. The third-order valence-electron chi connectivity index (χ3n) is 2.36. The molecule has 0 saturated carbocycles. The first kappa shape index (κ1) is 12.2. The standard InChI is InChI=1S/C12H10ClNO2S/c1-7-2-3-8(13)11-9(17-6-10(15)16)4-5-14-12(7)11/h2-5H,6H2,1H3,(H,15,16). The molecule has 0 bridgehead atoms. The van der Waals surface area contributed by atoms with Crippen LogP contribution < -0.4 is 0 Å². The zero-order chi connectivity index (χ0) is 12.4. The fraction of sp³-hybridized carbons (Fsp3) is 0.167. The van der Waals surface area contributed by atoms with E-state index in [2.05, 4.69) is 4.98 Å². The largest absolute Gasteiger partial charge is 0.481 e. The summed E-state index contributed by atoms with van der Waals surface area (Å²) in [4.78, 5) is 15.7. The maximum Gasteiger partial charge on any atom is 0.313 e. The topological polar surface area (TPSA) is 50.2 Å². The Bertz CT molecular complexity index is 586. The van der Waals surface area contributed by atoms with Crippen LogP contribution in [0.15, 0.2) is 29.3 Å². The molecule has 1 heterocycles. The van der Waals surface area contributed by atoms with Crippen molar-refractivity contribution in [2.45, 2.75) is 11.8 Å². The quantitative estimate of drug-likeness (QED) is 0.867. The number of hydrogen-bond donors (Lipinski definition) is 1. The number of aliphatic carboxylic acids is 1. The van der Waals surface area contributed by atoms with Gasteiger partial charge in [-0.25, -0.2) is 0 Å². The molecule has 1 aromatic carbocycles. The lowest BCUT2D eigenvalue weighted by atomic mass is 10.1. The van der Waals surface area contributed by atoms with E-state index in [9.17, 15) is 4.79 Å². The number of fused-ring (bicyclic) bond motifs is 1. The average molecular weight is 268 g/mol. The van der Waals surface area contributed by atoms with Crippen molar-refractivity contribution in [1.29, 1.82) is 0 Å². The number of thioether (sulfide) groups is 1. The summed E-state index contributed by atoms with van der Waals surface area (Å²) in [5.41, 5.74) is 1.86. The van der Waals surface area contributed by atoms with Crippen molar-refractivity contribution in [3.8, 4) is 0 Å². The summed E-state index contributed by atoms with van der Waals surface area (Å²) in [7, 11) is 0. The zero-order valence-corrected chi connectivity index (χ0v) is 10.7. The van der Waals surface area contributed by atoms with Crippen molar-refractivity contribution < 1.29 is 9.90 Å². The van der Waals surface area contributed by atoms with Crippen molar-refractivity contribution in [1.82, 2.24) is 4.98 Å². The number of halogens is 1. The van der Waals surface area contributed by atoms with Gasteiger partial charge in [0.15, 0.2) is 0 Å². The molecule has 88 valence electrons. The number of nitrogens with zero attached hydrogens (tertiary/aromatic N) is 1. The minimum Gasteiger partial charge on any atom is -0.481 e. The maximum absolute atomic E-state index is 10.6. The highest BCUT2D eigenvalue weighted by atomic mass is 35.5. The first-order valence-electron chi connectivity index (χ1n) is 4.98. The van der Waals surface area contributed by atoms with E-state index in [1.54, 1.807) is 12.3 Å². The molecular weight excluding hydrogens is 258 g/mol. The molecule has 0 saturated heterocycles. The molecule has 0 aliphatic rings. The van der Waals surface area contributed by atoms with Crippen LogP contribution in [0.3, 0.4) is 0 Å². The Hall–Kier alpha value is -1.26. The fourth-order valence-electron chi connectivity index (χ4n) is 1.59. The number of carbonyl (C=O) groups is 1. The Morgan fingerprint density at radius 3 is 2.94 bits per heavy atom. The molecule has 1 N–H and O–H groups in total. The predicted octanol–water partition coefficient (Wildman–Crippen LogP) is 3.37. The van der Waals surface area contributed by atoms with E-state index < -0.39 is 5.97 Å². The number of pyridine rings is 1. The van der Waals surface area contributed by atoms with E-state index >= 15 is 0 Å². The highest BCUT2D eigenvalue weighted by molar-refractivity contribution is 8.00. The molecule has 0 fully saturated rings. The van der Waals surface area contributed by atoms with Gasteiger partial charge in [0.2, 0.25) is 0 Å². The molecule has 2 rings (SSSR count). The molecule has 0 unspecified atom stereocenters.